The van der Waals surface area contributed by atoms with Crippen molar-refractivity contribution >= 4 is 39.3 Å². The van der Waals surface area contributed by atoms with Gasteiger partial charge >= 0.3 is 5.97 Å². The van der Waals surface area contributed by atoms with E-state index in [0.717, 1.165) is 49.2 Å². The second-order valence-corrected chi connectivity index (χ2v) is 8.11. The number of carbonyl (C=O) groups excluding carboxylic acids is 1. The molecule has 0 aliphatic heterocycles. The summed E-state index contributed by atoms with van der Waals surface area (Å²) in [6, 6.07) is 6.51. The van der Waals surface area contributed by atoms with Crippen LogP contribution < -0.4 is 0 Å². The molecule has 7 heteroatoms. The number of aryl methyl sites for hydroxylation is 2. The Balaban J connectivity index is 1.97. The monoisotopic (exact) mass is 390 g/mol. The molecule has 136 valence electrons. The van der Waals surface area contributed by atoms with Gasteiger partial charge in [0.25, 0.3) is 0 Å². The highest BCUT2D eigenvalue weighted by Crippen LogP contribution is 2.41. The van der Waals surface area contributed by atoms with Crippen LogP contribution in [-0.4, -0.2) is 28.8 Å². The Bertz CT molecular complexity index is 939. The number of benzene rings is 1. The van der Waals surface area contributed by atoms with Crippen molar-refractivity contribution in [2.45, 2.75) is 31.7 Å². The maximum atomic E-state index is 13.3. The highest BCUT2D eigenvalue weighted by Gasteiger charge is 2.18. The smallest absolute Gasteiger partial charge is 0.305 e. The number of rotatable bonds is 6. The first-order chi connectivity index (χ1) is 12.5. The van der Waals surface area contributed by atoms with E-state index in [2.05, 4.69) is 14.7 Å². The molecule has 0 saturated carbocycles. The van der Waals surface area contributed by atoms with Crippen LogP contribution in [0.5, 0.6) is 0 Å². The molecule has 0 radical (unpaired) electrons. The van der Waals surface area contributed by atoms with Gasteiger partial charge < -0.3 is 4.74 Å². The van der Waals surface area contributed by atoms with Crippen LogP contribution >= 0.6 is 23.1 Å². The summed E-state index contributed by atoms with van der Waals surface area (Å²) in [5, 5.41) is 1.91. The Morgan fingerprint density at radius 3 is 2.65 bits per heavy atom. The highest BCUT2D eigenvalue weighted by molar-refractivity contribution is 7.99. The fourth-order valence-electron chi connectivity index (χ4n) is 2.74. The lowest BCUT2D eigenvalue weighted by atomic mass is 10.0. The van der Waals surface area contributed by atoms with Gasteiger partial charge in [0.1, 0.15) is 21.5 Å². The van der Waals surface area contributed by atoms with Gasteiger partial charge in [-0.2, -0.15) is 0 Å². The average molecular weight is 391 g/mol. The van der Waals surface area contributed by atoms with Crippen LogP contribution in [0.3, 0.4) is 0 Å². The van der Waals surface area contributed by atoms with E-state index in [1.807, 2.05) is 13.8 Å². The predicted molar refractivity (Wildman–Crippen MR) is 104 cm³/mol. The van der Waals surface area contributed by atoms with Crippen molar-refractivity contribution in [1.29, 1.82) is 0 Å². The molecule has 0 N–H and O–H groups in total. The maximum absolute atomic E-state index is 13.3. The van der Waals surface area contributed by atoms with E-state index in [4.69, 9.17) is 0 Å². The summed E-state index contributed by atoms with van der Waals surface area (Å²) in [6.07, 6.45) is 1.11. The molecule has 0 unspecified atom stereocenters. The molecule has 0 saturated heterocycles. The number of hydrogen-bond acceptors (Lipinski definition) is 6. The number of methoxy groups -OCH3 is 1. The lowest BCUT2D eigenvalue weighted by Gasteiger charge is -2.07. The second kappa shape index (κ2) is 8.14. The molecule has 0 fully saturated rings. The summed E-state index contributed by atoms with van der Waals surface area (Å²) in [7, 11) is 1.40. The molecule has 0 atom stereocenters. The third kappa shape index (κ3) is 4.04. The molecule has 0 aliphatic rings. The first kappa shape index (κ1) is 18.8. The van der Waals surface area contributed by atoms with Gasteiger partial charge in [-0.1, -0.05) is 12.1 Å². The molecule has 2 aromatic heterocycles. The molecule has 26 heavy (non-hydrogen) atoms. The van der Waals surface area contributed by atoms with Gasteiger partial charge in [-0.25, -0.2) is 14.4 Å². The summed E-state index contributed by atoms with van der Waals surface area (Å²) in [6.45, 7) is 3.93. The van der Waals surface area contributed by atoms with E-state index in [-0.39, 0.29) is 11.8 Å². The summed E-state index contributed by atoms with van der Waals surface area (Å²) in [5.74, 6) is 1.03. The third-order valence-electron chi connectivity index (χ3n) is 3.93. The third-order valence-corrected chi connectivity index (χ3v) is 5.99. The van der Waals surface area contributed by atoms with Gasteiger partial charge in [0.2, 0.25) is 0 Å². The standard InChI is InChI=1S/C19H19FN2O2S2/c1-11-16(13-6-8-14(20)9-7-13)17-18(21-12(2)22-19(17)26-11)25-10-4-5-15(23)24-3/h6-9H,4-5,10H2,1-3H3. The zero-order chi connectivity index (χ0) is 18.7. The molecule has 3 rings (SSSR count). The van der Waals surface area contributed by atoms with E-state index in [1.54, 1.807) is 35.2 Å². The highest BCUT2D eigenvalue weighted by atomic mass is 32.2. The van der Waals surface area contributed by atoms with Gasteiger partial charge in [0, 0.05) is 22.6 Å². The second-order valence-electron chi connectivity index (χ2n) is 5.82. The first-order valence-corrected chi connectivity index (χ1v) is 10.0. The Morgan fingerprint density at radius 2 is 1.96 bits per heavy atom. The maximum Gasteiger partial charge on any atom is 0.305 e. The number of hydrogen-bond donors (Lipinski definition) is 0. The van der Waals surface area contributed by atoms with Crippen LogP contribution in [0.25, 0.3) is 21.3 Å². The summed E-state index contributed by atoms with van der Waals surface area (Å²) in [4.78, 5) is 22.5. The van der Waals surface area contributed by atoms with Crippen LogP contribution in [0.15, 0.2) is 29.3 Å². The zero-order valence-corrected chi connectivity index (χ0v) is 16.5. The number of nitrogens with zero attached hydrogens (tertiary/aromatic N) is 2. The molecule has 2 heterocycles. The van der Waals surface area contributed by atoms with Crippen LogP contribution in [0, 0.1) is 19.7 Å². The van der Waals surface area contributed by atoms with Crippen molar-refractivity contribution in [3.8, 4) is 11.1 Å². The SMILES string of the molecule is COC(=O)CCCSc1nc(C)nc2sc(C)c(-c3ccc(F)cc3)c12. The van der Waals surface area contributed by atoms with E-state index in [1.165, 1.54) is 19.2 Å². The Morgan fingerprint density at radius 1 is 1.23 bits per heavy atom. The molecular formula is C19H19FN2O2S2. The van der Waals surface area contributed by atoms with Gasteiger partial charge in [0.15, 0.2) is 0 Å². The van der Waals surface area contributed by atoms with Gasteiger partial charge in [-0.3, -0.25) is 4.79 Å². The van der Waals surface area contributed by atoms with Crippen molar-refractivity contribution in [2.75, 3.05) is 12.9 Å². The number of thiophene rings is 1. The largest absolute Gasteiger partial charge is 0.469 e. The lowest BCUT2D eigenvalue weighted by molar-refractivity contribution is -0.140. The molecule has 0 aliphatic carbocycles. The fourth-order valence-corrected chi connectivity index (χ4v) is 4.91. The lowest BCUT2D eigenvalue weighted by Crippen LogP contribution is -2.00. The molecule has 0 spiro atoms. The van der Waals surface area contributed by atoms with E-state index in [9.17, 15) is 9.18 Å². The quantitative estimate of drug-likeness (QED) is 0.252. The van der Waals surface area contributed by atoms with Gasteiger partial charge in [0.05, 0.1) is 12.5 Å². The van der Waals surface area contributed by atoms with Crippen LogP contribution in [0.4, 0.5) is 4.39 Å². The van der Waals surface area contributed by atoms with Crippen molar-refractivity contribution in [1.82, 2.24) is 9.97 Å². The minimum atomic E-state index is -0.254. The Hall–Kier alpha value is -1.99. The van der Waals surface area contributed by atoms with E-state index >= 15 is 0 Å². The van der Waals surface area contributed by atoms with Crippen molar-refractivity contribution in [3.63, 3.8) is 0 Å². The summed E-state index contributed by atoms with van der Waals surface area (Å²) in [5.41, 5.74) is 2.01. The van der Waals surface area contributed by atoms with Gasteiger partial charge in [-0.15, -0.1) is 23.1 Å². The van der Waals surface area contributed by atoms with E-state index in [0.29, 0.717) is 6.42 Å². The molecule has 1 aromatic carbocycles. The number of esters is 1. The molecule has 3 aromatic rings. The van der Waals surface area contributed by atoms with Crippen molar-refractivity contribution in [2.24, 2.45) is 0 Å². The zero-order valence-electron chi connectivity index (χ0n) is 14.8. The topological polar surface area (TPSA) is 52.1 Å². The molecule has 0 bridgehead atoms. The van der Waals surface area contributed by atoms with Crippen LogP contribution in [0.1, 0.15) is 23.5 Å². The molecule has 0 amide bonds. The summed E-state index contributed by atoms with van der Waals surface area (Å²) < 4.78 is 18.0. The van der Waals surface area contributed by atoms with Crippen molar-refractivity contribution in [3.05, 3.63) is 40.8 Å². The molecular weight excluding hydrogens is 371 g/mol. The first-order valence-electron chi connectivity index (χ1n) is 8.23. The van der Waals surface area contributed by atoms with Crippen LogP contribution in [0.2, 0.25) is 0 Å². The predicted octanol–water partition coefficient (Wildman–Crippen LogP) is 5.16. The average Bonchev–Trinajstić information content (AvgIpc) is 2.94. The fraction of sp³-hybridized carbons (Fsp3) is 0.316. The van der Waals surface area contributed by atoms with Crippen LogP contribution in [-0.2, 0) is 9.53 Å². The Kier molecular flexibility index (Phi) is 5.88. The molecule has 4 nitrogen and oxygen atoms in total. The number of aromatic nitrogens is 2. The van der Waals surface area contributed by atoms with E-state index < -0.39 is 0 Å². The number of carbonyl (C=O) groups is 1. The van der Waals surface area contributed by atoms with Gasteiger partial charge in [-0.05, 0) is 38.0 Å². The number of halogens is 1. The Labute approximate surface area is 159 Å². The normalized spacial score (nSPS) is 11.1. The number of thioether (sulfide) groups is 1. The van der Waals surface area contributed by atoms with Crippen molar-refractivity contribution < 1.29 is 13.9 Å². The number of ether oxygens (including phenoxy) is 1. The minimum Gasteiger partial charge on any atom is -0.469 e. The number of fused-ring (bicyclic) bond motifs is 1. The summed E-state index contributed by atoms with van der Waals surface area (Å²) >= 11 is 3.24. The minimum absolute atomic E-state index is 0.201.